The zero-order valence-electron chi connectivity index (χ0n) is 11.6. The molecule has 0 aliphatic rings. The van der Waals surface area contributed by atoms with Crippen molar-refractivity contribution in [1.29, 1.82) is 0 Å². The van der Waals surface area contributed by atoms with Crippen LogP contribution in [-0.2, 0) is 23.9 Å². The van der Waals surface area contributed by atoms with Crippen molar-refractivity contribution >= 4 is 17.7 Å². The molecule has 0 aliphatic heterocycles. The predicted molar refractivity (Wildman–Crippen MR) is 65.5 cm³/mol. The number of carbonyl (C=O) groups excluding carboxylic acids is 3. The maximum Gasteiger partial charge on any atom is 0.309 e. The van der Waals surface area contributed by atoms with Crippen LogP contribution in [0.4, 0.5) is 0 Å². The summed E-state index contributed by atoms with van der Waals surface area (Å²) >= 11 is 0. The highest BCUT2D eigenvalue weighted by molar-refractivity contribution is 5.88. The molecular weight excluding hydrogens is 272 g/mol. The minimum atomic E-state index is -1.81. The summed E-state index contributed by atoms with van der Waals surface area (Å²) in [5.74, 6) is -2.94. The smallest absolute Gasteiger partial charge is 0.309 e. The molecular formula is C12H20O8. The molecule has 20 heavy (non-hydrogen) atoms. The van der Waals surface area contributed by atoms with Gasteiger partial charge in [-0.25, -0.2) is 0 Å². The topological polar surface area (TPSA) is 130 Å². The van der Waals surface area contributed by atoms with E-state index in [4.69, 9.17) is 9.84 Å². The third-order valence-electron chi connectivity index (χ3n) is 2.34. The zero-order chi connectivity index (χ0) is 15.9. The van der Waals surface area contributed by atoms with Crippen LogP contribution in [0.1, 0.15) is 20.8 Å². The van der Waals surface area contributed by atoms with Gasteiger partial charge in [-0.1, -0.05) is 13.8 Å². The fourth-order valence-electron chi connectivity index (χ4n) is 1.15. The lowest BCUT2D eigenvalue weighted by Gasteiger charge is -2.25. The number of hydrogen-bond donors (Lipinski definition) is 3. The van der Waals surface area contributed by atoms with E-state index in [0.29, 0.717) is 0 Å². The fourth-order valence-corrected chi connectivity index (χ4v) is 1.15. The highest BCUT2D eigenvalue weighted by atomic mass is 16.6. The summed E-state index contributed by atoms with van der Waals surface area (Å²) in [6.07, 6.45) is -5.20. The van der Waals surface area contributed by atoms with Crippen LogP contribution in [-0.4, -0.2) is 64.6 Å². The highest BCUT2D eigenvalue weighted by Crippen LogP contribution is 2.10. The van der Waals surface area contributed by atoms with Gasteiger partial charge in [0.2, 0.25) is 5.78 Å². The van der Waals surface area contributed by atoms with E-state index in [9.17, 15) is 24.6 Å². The SMILES string of the molecule is CC(=O)OCC(=O)[C@@H](OC(=O)C(C)C)[C@H](O)[C@H](O)CO. The Morgan fingerprint density at radius 1 is 1.15 bits per heavy atom. The standard InChI is InChI=1S/C12H20O8/c1-6(2)12(18)20-11(10(17)8(15)4-13)9(16)5-19-7(3)14/h6,8,10-11,13,15,17H,4-5H2,1-3H3/t8-,10-,11-/m1/s1. The Kier molecular flexibility index (Phi) is 7.97. The van der Waals surface area contributed by atoms with Gasteiger partial charge in [-0.2, -0.15) is 0 Å². The molecule has 0 aromatic rings. The molecule has 0 aromatic carbocycles. The van der Waals surface area contributed by atoms with Gasteiger partial charge in [0.05, 0.1) is 12.5 Å². The van der Waals surface area contributed by atoms with Crippen LogP contribution in [0.15, 0.2) is 0 Å². The second-order valence-corrected chi connectivity index (χ2v) is 4.50. The Morgan fingerprint density at radius 3 is 2.10 bits per heavy atom. The van der Waals surface area contributed by atoms with Crippen molar-refractivity contribution in [3.8, 4) is 0 Å². The first-order valence-electron chi connectivity index (χ1n) is 6.04. The second kappa shape index (κ2) is 8.62. The van der Waals surface area contributed by atoms with E-state index < -0.39 is 55.2 Å². The highest BCUT2D eigenvalue weighted by Gasteiger charge is 2.35. The number of carbonyl (C=O) groups is 3. The first-order chi connectivity index (χ1) is 9.20. The van der Waals surface area contributed by atoms with E-state index in [1.807, 2.05) is 0 Å². The van der Waals surface area contributed by atoms with E-state index in [1.165, 1.54) is 13.8 Å². The predicted octanol–water partition coefficient (Wildman–Crippen LogP) is -1.60. The van der Waals surface area contributed by atoms with Gasteiger partial charge in [-0.3, -0.25) is 14.4 Å². The largest absolute Gasteiger partial charge is 0.458 e. The second-order valence-electron chi connectivity index (χ2n) is 4.50. The molecule has 8 nitrogen and oxygen atoms in total. The fraction of sp³-hybridized carbons (Fsp3) is 0.750. The first-order valence-corrected chi connectivity index (χ1v) is 6.04. The van der Waals surface area contributed by atoms with Crippen molar-refractivity contribution < 1.29 is 39.2 Å². The summed E-state index contributed by atoms with van der Waals surface area (Å²) < 4.78 is 9.25. The average molecular weight is 292 g/mol. The minimum Gasteiger partial charge on any atom is -0.458 e. The number of rotatable bonds is 8. The Hall–Kier alpha value is -1.51. The summed E-state index contributed by atoms with van der Waals surface area (Å²) in [4.78, 5) is 33.9. The van der Waals surface area contributed by atoms with Crippen molar-refractivity contribution in [3.05, 3.63) is 0 Å². The van der Waals surface area contributed by atoms with Gasteiger partial charge in [-0.05, 0) is 0 Å². The third-order valence-corrected chi connectivity index (χ3v) is 2.34. The van der Waals surface area contributed by atoms with Crippen LogP contribution in [0, 0.1) is 5.92 Å². The van der Waals surface area contributed by atoms with Crippen molar-refractivity contribution in [2.24, 2.45) is 5.92 Å². The molecule has 0 amide bonds. The molecule has 8 heteroatoms. The van der Waals surface area contributed by atoms with E-state index in [2.05, 4.69) is 4.74 Å². The molecule has 0 heterocycles. The van der Waals surface area contributed by atoms with E-state index >= 15 is 0 Å². The Morgan fingerprint density at radius 2 is 1.70 bits per heavy atom. The molecule has 0 radical (unpaired) electrons. The number of ketones is 1. The first kappa shape index (κ1) is 18.5. The average Bonchev–Trinajstić information content (AvgIpc) is 2.39. The maximum absolute atomic E-state index is 11.8. The molecule has 0 bridgehead atoms. The molecule has 0 rings (SSSR count). The lowest BCUT2D eigenvalue weighted by Crippen LogP contribution is -2.48. The molecule has 0 saturated carbocycles. The van der Waals surface area contributed by atoms with Crippen LogP contribution in [0.5, 0.6) is 0 Å². The molecule has 3 atom stereocenters. The van der Waals surface area contributed by atoms with Gasteiger partial charge >= 0.3 is 11.9 Å². The molecule has 0 unspecified atom stereocenters. The van der Waals surface area contributed by atoms with E-state index in [0.717, 1.165) is 6.92 Å². The summed E-state index contributed by atoms with van der Waals surface area (Å²) in [5, 5.41) is 27.8. The van der Waals surface area contributed by atoms with Crippen LogP contribution in [0.2, 0.25) is 0 Å². The molecule has 3 N–H and O–H groups in total. The Labute approximate surface area is 116 Å². The summed E-state index contributed by atoms with van der Waals surface area (Å²) in [7, 11) is 0. The summed E-state index contributed by atoms with van der Waals surface area (Å²) in [6, 6.07) is 0. The number of ether oxygens (including phenoxy) is 2. The van der Waals surface area contributed by atoms with Gasteiger partial charge in [0.15, 0.2) is 12.7 Å². The van der Waals surface area contributed by atoms with Gasteiger partial charge < -0.3 is 24.8 Å². The van der Waals surface area contributed by atoms with Gasteiger partial charge in [-0.15, -0.1) is 0 Å². The van der Waals surface area contributed by atoms with Crippen LogP contribution >= 0.6 is 0 Å². The number of hydrogen-bond acceptors (Lipinski definition) is 8. The number of aliphatic hydroxyl groups excluding tert-OH is 3. The van der Waals surface area contributed by atoms with E-state index in [1.54, 1.807) is 0 Å². The molecule has 116 valence electrons. The van der Waals surface area contributed by atoms with Crippen molar-refractivity contribution in [2.75, 3.05) is 13.2 Å². The van der Waals surface area contributed by atoms with Crippen LogP contribution in [0.3, 0.4) is 0 Å². The minimum absolute atomic E-state index is 0.558. The zero-order valence-corrected chi connectivity index (χ0v) is 11.6. The Balaban J connectivity index is 4.90. The quantitative estimate of drug-likeness (QED) is 0.456. The summed E-state index contributed by atoms with van der Waals surface area (Å²) in [5.41, 5.74) is 0. The van der Waals surface area contributed by atoms with Gasteiger partial charge in [0.25, 0.3) is 0 Å². The van der Waals surface area contributed by atoms with Crippen LogP contribution < -0.4 is 0 Å². The molecule has 0 spiro atoms. The molecule has 0 aliphatic carbocycles. The van der Waals surface area contributed by atoms with Crippen LogP contribution in [0.25, 0.3) is 0 Å². The molecule has 0 fully saturated rings. The monoisotopic (exact) mass is 292 g/mol. The number of aliphatic hydroxyl groups is 3. The molecule has 0 saturated heterocycles. The van der Waals surface area contributed by atoms with Gasteiger partial charge in [0.1, 0.15) is 12.2 Å². The van der Waals surface area contributed by atoms with Crippen molar-refractivity contribution in [1.82, 2.24) is 0 Å². The van der Waals surface area contributed by atoms with Crippen molar-refractivity contribution in [3.63, 3.8) is 0 Å². The van der Waals surface area contributed by atoms with Gasteiger partial charge in [0, 0.05) is 6.92 Å². The summed E-state index contributed by atoms with van der Waals surface area (Å²) in [6.45, 7) is 2.59. The lowest BCUT2D eigenvalue weighted by molar-refractivity contribution is -0.173. The van der Waals surface area contributed by atoms with Crippen molar-refractivity contribution in [2.45, 2.75) is 39.1 Å². The number of Topliss-reactive ketones (excluding diaryl/α,β-unsaturated/α-hetero) is 1. The normalized spacial score (nSPS) is 15.3. The molecule has 0 aromatic heterocycles. The maximum atomic E-state index is 11.8. The third kappa shape index (κ3) is 6.09. The van der Waals surface area contributed by atoms with E-state index in [-0.39, 0.29) is 0 Å². The lowest BCUT2D eigenvalue weighted by atomic mass is 10.0. The number of esters is 2. The Bertz CT molecular complexity index is 351.